The van der Waals surface area contributed by atoms with Crippen molar-refractivity contribution in [3.05, 3.63) is 54.6 Å². The zero-order valence-electron chi connectivity index (χ0n) is 13.0. The number of rotatable bonds is 7. The monoisotopic (exact) mass is 326 g/mol. The Kier molecular flexibility index (Phi) is 5.66. The number of hydrogen-bond donors (Lipinski definition) is 2. The van der Waals surface area contributed by atoms with Crippen LogP contribution in [0.1, 0.15) is 0 Å². The molecule has 24 heavy (non-hydrogen) atoms. The molecule has 1 aliphatic rings. The van der Waals surface area contributed by atoms with E-state index < -0.39 is 6.35 Å². The smallest absolute Gasteiger partial charge is 0.188 e. The average Bonchev–Trinajstić information content (AvgIpc) is 3.08. The summed E-state index contributed by atoms with van der Waals surface area (Å²) in [6.07, 6.45) is 4.37. The highest BCUT2D eigenvalue weighted by molar-refractivity contribution is 5.35. The van der Waals surface area contributed by atoms with Crippen molar-refractivity contribution in [2.75, 3.05) is 13.2 Å². The van der Waals surface area contributed by atoms with Crippen molar-refractivity contribution in [3.8, 4) is 29.6 Å². The maximum Gasteiger partial charge on any atom is 0.188 e. The van der Waals surface area contributed by atoms with E-state index in [0.29, 0.717) is 12.4 Å². The molecule has 0 saturated carbocycles. The van der Waals surface area contributed by atoms with Gasteiger partial charge in [-0.1, -0.05) is 24.1 Å². The third-order valence-corrected chi connectivity index (χ3v) is 3.19. The minimum atomic E-state index is -0.434. The number of para-hydroxylation sites is 1. The molecule has 0 radical (unpaired) electrons. The summed E-state index contributed by atoms with van der Waals surface area (Å²) in [4.78, 5) is 5.28. The molecule has 0 bridgehead atoms. The molecule has 0 aromatic heterocycles. The van der Waals surface area contributed by atoms with E-state index in [0.717, 1.165) is 11.5 Å². The lowest BCUT2D eigenvalue weighted by Gasteiger charge is -2.12. The molecule has 1 aliphatic heterocycles. The molecule has 1 fully saturated rings. The van der Waals surface area contributed by atoms with Crippen LogP contribution in [-0.2, 0) is 9.57 Å². The second-order valence-corrected chi connectivity index (χ2v) is 4.98. The van der Waals surface area contributed by atoms with Crippen molar-refractivity contribution in [1.29, 1.82) is 0 Å². The van der Waals surface area contributed by atoms with Crippen LogP contribution < -0.4 is 20.3 Å². The van der Waals surface area contributed by atoms with Gasteiger partial charge in [-0.05, 0) is 36.4 Å². The Morgan fingerprint density at radius 1 is 1.00 bits per heavy atom. The van der Waals surface area contributed by atoms with Crippen LogP contribution in [0.4, 0.5) is 0 Å². The highest BCUT2D eigenvalue weighted by atomic mass is 16.7. The van der Waals surface area contributed by atoms with Crippen molar-refractivity contribution < 1.29 is 19.0 Å². The van der Waals surface area contributed by atoms with Gasteiger partial charge in [-0.3, -0.25) is 4.84 Å². The Morgan fingerprint density at radius 2 is 1.71 bits per heavy atom. The minimum absolute atomic E-state index is 0.199. The van der Waals surface area contributed by atoms with Crippen LogP contribution in [0.5, 0.6) is 17.2 Å². The van der Waals surface area contributed by atoms with Gasteiger partial charge < -0.3 is 14.2 Å². The van der Waals surface area contributed by atoms with Gasteiger partial charge in [0.2, 0.25) is 0 Å². The molecule has 2 aromatic carbocycles. The van der Waals surface area contributed by atoms with E-state index >= 15 is 0 Å². The van der Waals surface area contributed by atoms with E-state index in [1.165, 1.54) is 0 Å². The Bertz CT molecular complexity index is 670. The van der Waals surface area contributed by atoms with E-state index in [4.69, 9.17) is 25.5 Å². The predicted molar refractivity (Wildman–Crippen MR) is 88.2 cm³/mol. The highest BCUT2D eigenvalue weighted by Gasteiger charge is 2.24. The van der Waals surface area contributed by atoms with Crippen molar-refractivity contribution in [1.82, 2.24) is 10.8 Å². The second kappa shape index (κ2) is 8.34. The lowest BCUT2D eigenvalue weighted by Crippen LogP contribution is -2.38. The number of nitrogens with one attached hydrogen (secondary N) is 2. The fourth-order valence-electron chi connectivity index (χ4n) is 2.08. The molecule has 2 unspecified atom stereocenters. The van der Waals surface area contributed by atoms with E-state index in [2.05, 4.69) is 16.7 Å². The zero-order chi connectivity index (χ0) is 16.6. The van der Waals surface area contributed by atoms with E-state index in [9.17, 15) is 0 Å². The van der Waals surface area contributed by atoms with Gasteiger partial charge in [-0.2, -0.15) is 5.48 Å². The standard InChI is InChI=1S/C18H18N2O4/c1-2-12-21-18-19-17(24-20-18)13-22-14-8-10-16(11-9-14)23-15-6-4-3-5-7-15/h1,3-11,17-20H,12-13H2. The highest BCUT2D eigenvalue weighted by Crippen LogP contribution is 2.23. The van der Waals surface area contributed by atoms with Gasteiger partial charge in [0.1, 0.15) is 30.5 Å². The van der Waals surface area contributed by atoms with Gasteiger partial charge in [0, 0.05) is 0 Å². The molecule has 6 heteroatoms. The summed E-state index contributed by atoms with van der Waals surface area (Å²) < 4.78 is 16.6. The lowest BCUT2D eigenvalue weighted by atomic mass is 10.3. The van der Waals surface area contributed by atoms with Gasteiger partial charge in [-0.25, -0.2) is 5.32 Å². The van der Waals surface area contributed by atoms with Gasteiger partial charge in [0.25, 0.3) is 0 Å². The fraction of sp³-hybridized carbons (Fsp3) is 0.222. The first-order valence-electron chi connectivity index (χ1n) is 7.51. The number of terminal acetylenes is 1. The number of hydroxylamine groups is 1. The number of hydrogen-bond acceptors (Lipinski definition) is 6. The maximum absolute atomic E-state index is 5.73. The Balaban J connectivity index is 1.44. The third-order valence-electron chi connectivity index (χ3n) is 3.19. The molecule has 124 valence electrons. The van der Waals surface area contributed by atoms with Crippen molar-refractivity contribution >= 4 is 0 Å². The Morgan fingerprint density at radius 3 is 2.46 bits per heavy atom. The fourth-order valence-corrected chi connectivity index (χ4v) is 2.08. The summed E-state index contributed by atoms with van der Waals surface area (Å²) in [6, 6.07) is 17.0. The summed E-state index contributed by atoms with van der Waals surface area (Å²) in [5.74, 6) is 4.64. The number of ether oxygens (including phenoxy) is 3. The predicted octanol–water partition coefficient (Wildman–Crippen LogP) is 2.24. The normalized spacial score (nSPS) is 19.6. The summed E-state index contributed by atoms with van der Waals surface area (Å²) in [5, 5.41) is 3.04. The van der Waals surface area contributed by atoms with Crippen LogP contribution in [0, 0.1) is 12.3 Å². The molecular formula is C18H18N2O4. The third kappa shape index (κ3) is 4.72. The second-order valence-electron chi connectivity index (χ2n) is 4.98. The number of benzene rings is 2. The molecule has 0 spiro atoms. The van der Waals surface area contributed by atoms with Gasteiger partial charge >= 0.3 is 0 Å². The molecule has 0 aliphatic carbocycles. The minimum Gasteiger partial charge on any atom is -0.489 e. The van der Waals surface area contributed by atoms with Crippen LogP contribution in [0.25, 0.3) is 0 Å². The van der Waals surface area contributed by atoms with Crippen LogP contribution in [0.3, 0.4) is 0 Å². The molecule has 0 amide bonds. The molecule has 2 aromatic rings. The van der Waals surface area contributed by atoms with Crippen LogP contribution in [-0.4, -0.2) is 25.8 Å². The first-order chi connectivity index (χ1) is 11.8. The molecular weight excluding hydrogens is 308 g/mol. The summed E-state index contributed by atoms with van der Waals surface area (Å²) in [5.41, 5.74) is 2.69. The van der Waals surface area contributed by atoms with Gasteiger partial charge in [0.15, 0.2) is 12.6 Å². The first kappa shape index (κ1) is 16.3. The molecule has 2 atom stereocenters. The quantitative estimate of drug-likeness (QED) is 0.761. The SMILES string of the molecule is C#CCOC1NOC(COc2ccc(Oc3ccccc3)cc2)N1. The van der Waals surface area contributed by atoms with Crippen molar-refractivity contribution in [3.63, 3.8) is 0 Å². The molecule has 3 rings (SSSR count). The average molecular weight is 326 g/mol. The summed E-state index contributed by atoms with van der Waals surface area (Å²) in [6.45, 7) is 0.520. The van der Waals surface area contributed by atoms with E-state index in [1.54, 1.807) is 0 Å². The van der Waals surface area contributed by atoms with Crippen molar-refractivity contribution in [2.45, 2.75) is 12.6 Å². The molecule has 1 heterocycles. The molecule has 6 nitrogen and oxygen atoms in total. The van der Waals surface area contributed by atoms with Gasteiger partial charge in [-0.15, -0.1) is 6.42 Å². The first-order valence-corrected chi connectivity index (χ1v) is 7.51. The summed E-state index contributed by atoms with van der Waals surface area (Å²) >= 11 is 0. The zero-order valence-corrected chi connectivity index (χ0v) is 13.0. The summed E-state index contributed by atoms with van der Waals surface area (Å²) in [7, 11) is 0. The van der Waals surface area contributed by atoms with Crippen LogP contribution in [0.2, 0.25) is 0 Å². The maximum atomic E-state index is 5.73. The Labute approximate surface area is 140 Å². The molecule has 2 N–H and O–H groups in total. The Hall–Kier alpha value is -2.56. The molecule has 1 saturated heterocycles. The topological polar surface area (TPSA) is 61.0 Å². The van der Waals surface area contributed by atoms with E-state index in [-0.39, 0.29) is 12.8 Å². The van der Waals surface area contributed by atoms with E-state index in [1.807, 2.05) is 54.6 Å². The lowest BCUT2D eigenvalue weighted by molar-refractivity contribution is -0.0389. The van der Waals surface area contributed by atoms with Crippen molar-refractivity contribution in [2.24, 2.45) is 0 Å². The van der Waals surface area contributed by atoms with Gasteiger partial charge in [0.05, 0.1) is 0 Å². The van der Waals surface area contributed by atoms with Crippen LogP contribution in [0.15, 0.2) is 54.6 Å². The largest absolute Gasteiger partial charge is 0.489 e. The van der Waals surface area contributed by atoms with Crippen LogP contribution >= 0.6 is 0 Å².